The van der Waals surface area contributed by atoms with Crippen molar-refractivity contribution in [2.45, 2.75) is 93.4 Å². The predicted molar refractivity (Wildman–Crippen MR) is 117 cm³/mol. The summed E-state index contributed by atoms with van der Waals surface area (Å²) in [5.41, 5.74) is 1.01. The van der Waals surface area contributed by atoms with Gasteiger partial charge >= 0.3 is 130 Å². The number of esters is 1. The Hall–Kier alpha value is -0.781. The Morgan fingerprint density at radius 1 is 0.741 bits per heavy atom. The number of rotatable bonds is 13. The van der Waals surface area contributed by atoms with Gasteiger partial charge in [-0.25, -0.2) is 4.79 Å². The molecule has 0 heterocycles. The van der Waals surface area contributed by atoms with Crippen LogP contribution >= 0.6 is 0 Å². The molecule has 0 aliphatic heterocycles. The van der Waals surface area contributed by atoms with Crippen molar-refractivity contribution < 1.29 is 17.4 Å². The Kier molecular flexibility index (Phi) is 18.2. The third kappa shape index (κ3) is 14.9. The van der Waals surface area contributed by atoms with Crippen LogP contribution in [0, 0.1) is 0 Å². The molecule has 0 aliphatic rings. The number of unbranched alkanes of at least 4 members (excludes halogenated alkanes) is 3. The SMILES string of the molecule is C=C(C)C(=O)OCC.C=C(C)C(=O)[O][Sn]([CH2]CCC)([CH2]CCC)[CH2]CCC. The zero-order chi connectivity index (χ0) is 21.3. The van der Waals surface area contributed by atoms with Gasteiger partial charge < -0.3 is 4.74 Å². The standard InChI is InChI=1S/C6H10O2.C4H6O2.3C4H9.Sn/c1-4-8-6(7)5(2)3;1-3(2)4(5)6;3*1-3-4-2;/h2,4H2,1,3H3;1H2,2H3,(H,5,6);3*1,3-4H2,2H3;/q;;;;;+1/p-1. The van der Waals surface area contributed by atoms with E-state index in [0.29, 0.717) is 17.8 Å². The molecule has 4 nitrogen and oxygen atoms in total. The zero-order valence-corrected chi connectivity index (χ0v) is 21.5. The van der Waals surface area contributed by atoms with Crippen molar-refractivity contribution >= 4 is 30.7 Å². The van der Waals surface area contributed by atoms with Crippen LogP contribution in [0.1, 0.15) is 80.1 Å². The van der Waals surface area contributed by atoms with Crippen LogP contribution in [-0.4, -0.2) is 37.3 Å². The van der Waals surface area contributed by atoms with Gasteiger partial charge in [0.05, 0.1) is 6.61 Å². The molecule has 0 aliphatic carbocycles. The quantitative estimate of drug-likeness (QED) is 0.167. The summed E-state index contributed by atoms with van der Waals surface area (Å²) in [4.78, 5) is 22.4. The first-order chi connectivity index (χ1) is 12.7. The van der Waals surface area contributed by atoms with Crippen LogP contribution in [0.4, 0.5) is 0 Å². The average molecular weight is 489 g/mol. The summed E-state index contributed by atoms with van der Waals surface area (Å²) in [5.74, 6) is -0.438. The van der Waals surface area contributed by atoms with E-state index in [-0.39, 0.29) is 11.9 Å². The number of carbonyl (C=O) groups is 2. The Morgan fingerprint density at radius 2 is 1.11 bits per heavy atom. The molecule has 0 aromatic carbocycles. The van der Waals surface area contributed by atoms with Gasteiger partial charge in [0.25, 0.3) is 0 Å². The van der Waals surface area contributed by atoms with Crippen LogP contribution < -0.4 is 0 Å². The van der Waals surface area contributed by atoms with E-state index in [4.69, 9.17) is 3.07 Å². The summed E-state index contributed by atoms with van der Waals surface area (Å²) in [6.45, 7) is 19.4. The van der Waals surface area contributed by atoms with Crippen molar-refractivity contribution in [2.75, 3.05) is 6.61 Å². The molecule has 0 atom stereocenters. The fourth-order valence-electron chi connectivity index (χ4n) is 2.56. The third-order valence-electron chi connectivity index (χ3n) is 4.24. The second-order valence-corrected chi connectivity index (χ2v) is 18.8. The van der Waals surface area contributed by atoms with Gasteiger partial charge in [0.2, 0.25) is 0 Å². The average Bonchev–Trinajstić information content (AvgIpc) is 2.63. The molecular formula is C22H42O4Sn. The first-order valence-electron chi connectivity index (χ1n) is 10.4. The van der Waals surface area contributed by atoms with Crippen molar-refractivity contribution in [3.63, 3.8) is 0 Å². The van der Waals surface area contributed by atoms with Crippen LogP contribution in [0.25, 0.3) is 0 Å². The second kappa shape index (κ2) is 17.3. The molecule has 5 heteroatoms. The first kappa shape index (κ1) is 28.4. The monoisotopic (exact) mass is 490 g/mol. The van der Waals surface area contributed by atoms with Gasteiger partial charge in [0.15, 0.2) is 0 Å². The van der Waals surface area contributed by atoms with E-state index in [0.717, 1.165) is 0 Å². The summed E-state index contributed by atoms with van der Waals surface area (Å²) in [6, 6.07) is 0. The molecule has 0 rings (SSSR count). The zero-order valence-electron chi connectivity index (χ0n) is 18.6. The van der Waals surface area contributed by atoms with Crippen LogP contribution in [0.5, 0.6) is 0 Å². The molecule has 0 bridgehead atoms. The van der Waals surface area contributed by atoms with Crippen LogP contribution in [0.3, 0.4) is 0 Å². The summed E-state index contributed by atoms with van der Waals surface area (Å²) in [5, 5.41) is 0. The maximum atomic E-state index is 12.0. The Bertz CT molecular complexity index is 435. The van der Waals surface area contributed by atoms with Crippen LogP contribution in [0.15, 0.2) is 24.3 Å². The van der Waals surface area contributed by atoms with Gasteiger partial charge in [-0.1, -0.05) is 6.58 Å². The van der Waals surface area contributed by atoms with E-state index in [1.807, 2.05) is 0 Å². The molecule has 0 fully saturated rings. The molecule has 0 aromatic heterocycles. The molecule has 0 saturated carbocycles. The van der Waals surface area contributed by atoms with E-state index in [9.17, 15) is 9.59 Å². The second-order valence-electron chi connectivity index (χ2n) is 7.16. The molecule has 27 heavy (non-hydrogen) atoms. The summed E-state index contributed by atoms with van der Waals surface area (Å²) < 4.78 is 14.2. The van der Waals surface area contributed by atoms with Crippen LogP contribution in [0.2, 0.25) is 13.3 Å². The van der Waals surface area contributed by atoms with E-state index < -0.39 is 18.8 Å². The fraction of sp³-hybridized carbons (Fsp3) is 0.727. The molecule has 158 valence electrons. The van der Waals surface area contributed by atoms with E-state index >= 15 is 0 Å². The number of carbonyl (C=O) groups excluding carboxylic acids is 2. The van der Waals surface area contributed by atoms with E-state index in [1.54, 1.807) is 20.8 Å². The Labute approximate surface area is 172 Å². The molecule has 0 unspecified atom stereocenters. The number of hydrogen-bond donors (Lipinski definition) is 0. The van der Waals surface area contributed by atoms with Crippen molar-refractivity contribution in [1.82, 2.24) is 0 Å². The van der Waals surface area contributed by atoms with E-state index in [2.05, 4.69) is 38.7 Å². The van der Waals surface area contributed by atoms with Crippen molar-refractivity contribution in [1.29, 1.82) is 0 Å². The predicted octanol–water partition coefficient (Wildman–Crippen LogP) is 6.58. The van der Waals surface area contributed by atoms with Crippen molar-refractivity contribution in [3.05, 3.63) is 24.3 Å². The molecule has 0 N–H and O–H groups in total. The maximum absolute atomic E-state index is 12.0. The van der Waals surface area contributed by atoms with Gasteiger partial charge in [-0.2, -0.15) is 0 Å². The third-order valence-corrected chi connectivity index (χ3v) is 16.8. The molecule has 0 spiro atoms. The normalized spacial score (nSPS) is 10.4. The topological polar surface area (TPSA) is 52.6 Å². The van der Waals surface area contributed by atoms with Crippen LogP contribution in [-0.2, 0) is 17.4 Å². The van der Waals surface area contributed by atoms with Gasteiger partial charge in [0, 0.05) is 5.57 Å². The van der Waals surface area contributed by atoms with Crippen molar-refractivity contribution in [3.8, 4) is 0 Å². The van der Waals surface area contributed by atoms with E-state index in [1.165, 1.54) is 51.8 Å². The summed E-state index contributed by atoms with van der Waals surface area (Å²) >= 11 is -2.74. The first-order valence-corrected chi connectivity index (χ1v) is 17.6. The fourth-order valence-corrected chi connectivity index (χ4v) is 15.7. The minimum absolute atomic E-state index is 0.126. The molecular weight excluding hydrogens is 447 g/mol. The molecule has 0 aromatic rings. The van der Waals surface area contributed by atoms with Crippen molar-refractivity contribution in [2.24, 2.45) is 0 Å². The van der Waals surface area contributed by atoms with Gasteiger partial charge in [0.1, 0.15) is 0 Å². The number of ether oxygens (including phenoxy) is 1. The summed E-state index contributed by atoms with van der Waals surface area (Å²) in [6.07, 6.45) is 7.23. The van der Waals surface area contributed by atoms with Gasteiger partial charge in [-0.15, -0.1) is 0 Å². The Morgan fingerprint density at radius 3 is 1.33 bits per heavy atom. The summed E-state index contributed by atoms with van der Waals surface area (Å²) in [7, 11) is 0. The van der Waals surface area contributed by atoms with Gasteiger partial charge in [-0.3, -0.25) is 0 Å². The molecule has 0 radical (unpaired) electrons. The minimum atomic E-state index is -2.74. The van der Waals surface area contributed by atoms with Gasteiger partial charge in [-0.05, 0) is 13.8 Å². The number of hydrogen-bond acceptors (Lipinski definition) is 4. The molecule has 0 amide bonds. The molecule has 0 saturated heterocycles. The Balaban J connectivity index is 0.